The van der Waals surface area contributed by atoms with Gasteiger partial charge in [0.25, 0.3) is 0 Å². The number of benzene rings is 2. The maximum atomic E-state index is 13.5. The lowest BCUT2D eigenvalue weighted by Gasteiger charge is -2.25. The van der Waals surface area contributed by atoms with Crippen LogP contribution in [0.15, 0.2) is 36.4 Å². The monoisotopic (exact) mass is 292 g/mol. The zero-order chi connectivity index (χ0) is 14.9. The van der Waals surface area contributed by atoms with Gasteiger partial charge in [0.1, 0.15) is 5.82 Å². The first-order valence-corrected chi connectivity index (χ1v) is 6.92. The van der Waals surface area contributed by atoms with Crippen molar-refractivity contribution in [1.29, 1.82) is 0 Å². The molecule has 1 unspecified atom stereocenters. The van der Waals surface area contributed by atoms with E-state index in [0.29, 0.717) is 5.56 Å². The molecule has 0 aromatic heterocycles. The van der Waals surface area contributed by atoms with Gasteiger partial charge in [-0.05, 0) is 49.1 Å². The molecule has 1 nitrogen and oxygen atoms in total. The zero-order valence-corrected chi connectivity index (χ0v) is 12.6. The SMILES string of the molecule is Cc1ccc(C(C)(O)Cc2cccc(F)c2Cl)cc1C. The van der Waals surface area contributed by atoms with Crippen LogP contribution in [0.5, 0.6) is 0 Å². The molecule has 0 aliphatic rings. The number of aryl methyl sites for hydroxylation is 2. The van der Waals surface area contributed by atoms with Gasteiger partial charge in [-0.15, -0.1) is 0 Å². The third kappa shape index (κ3) is 3.02. The standard InChI is InChI=1S/C17H18ClFO/c1-11-7-8-14(9-12(11)2)17(3,20)10-13-5-4-6-15(19)16(13)18/h4-9,20H,10H2,1-3H3. The van der Waals surface area contributed by atoms with Gasteiger partial charge < -0.3 is 5.11 Å². The van der Waals surface area contributed by atoms with Gasteiger partial charge in [-0.1, -0.05) is 41.9 Å². The molecule has 2 aromatic carbocycles. The molecule has 1 N–H and O–H groups in total. The molecule has 0 bridgehead atoms. The molecule has 0 amide bonds. The van der Waals surface area contributed by atoms with Gasteiger partial charge >= 0.3 is 0 Å². The van der Waals surface area contributed by atoms with Crippen molar-refractivity contribution in [3.05, 3.63) is 69.5 Å². The van der Waals surface area contributed by atoms with Crippen LogP contribution in [0.3, 0.4) is 0 Å². The van der Waals surface area contributed by atoms with Crippen LogP contribution in [0, 0.1) is 19.7 Å². The van der Waals surface area contributed by atoms with Crippen LogP contribution >= 0.6 is 11.6 Å². The van der Waals surface area contributed by atoms with Crippen LogP contribution in [-0.4, -0.2) is 5.11 Å². The fourth-order valence-corrected chi connectivity index (χ4v) is 2.43. The van der Waals surface area contributed by atoms with Crippen LogP contribution < -0.4 is 0 Å². The lowest BCUT2D eigenvalue weighted by Crippen LogP contribution is -2.24. The van der Waals surface area contributed by atoms with E-state index in [-0.39, 0.29) is 11.4 Å². The molecule has 0 saturated heterocycles. The lowest BCUT2D eigenvalue weighted by molar-refractivity contribution is 0.0575. The zero-order valence-electron chi connectivity index (χ0n) is 11.9. The molecule has 0 saturated carbocycles. The van der Waals surface area contributed by atoms with Crippen LogP contribution in [0.2, 0.25) is 5.02 Å². The highest BCUT2D eigenvalue weighted by Gasteiger charge is 2.25. The molecule has 0 fully saturated rings. The predicted molar refractivity (Wildman–Crippen MR) is 80.6 cm³/mol. The van der Waals surface area contributed by atoms with E-state index in [4.69, 9.17) is 11.6 Å². The van der Waals surface area contributed by atoms with Crippen molar-refractivity contribution in [3.63, 3.8) is 0 Å². The highest BCUT2D eigenvalue weighted by Crippen LogP contribution is 2.30. The highest BCUT2D eigenvalue weighted by molar-refractivity contribution is 6.31. The molecule has 0 radical (unpaired) electrons. The molecule has 1 atom stereocenters. The molecule has 2 rings (SSSR count). The van der Waals surface area contributed by atoms with Crippen LogP contribution in [-0.2, 0) is 12.0 Å². The summed E-state index contributed by atoms with van der Waals surface area (Å²) in [6.45, 7) is 5.75. The Hall–Kier alpha value is -1.38. The van der Waals surface area contributed by atoms with E-state index in [9.17, 15) is 9.50 Å². The summed E-state index contributed by atoms with van der Waals surface area (Å²) in [7, 11) is 0. The van der Waals surface area contributed by atoms with Crippen molar-refractivity contribution in [2.45, 2.75) is 32.8 Å². The Labute approximate surface area is 124 Å². The normalized spacial score (nSPS) is 14.1. The van der Waals surface area contributed by atoms with Crippen LogP contribution in [0.4, 0.5) is 4.39 Å². The van der Waals surface area contributed by atoms with Gasteiger partial charge in [-0.25, -0.2) is 4.39 Å². The number of halogens is 2. The molecule has 0 aliphatic heterocycles. The van der Waals surface area contributed by atoms with E-state index in [2.05, 4.69) is 0 Å². The molecular formula is C17H18ClFO. The Balaban J connectivity index is 2.35. The van der Waals surface area contributed by atoms with E-state index in [1.807, 2.05) is 32.0 Å². The first-order valence-electron chi connectivity index (χ1n) is 6.54. The fourth-order valence-electron chi connectivity index (χ4n) is 2.23. The summed E-state index contributed by atoms with van der Waals surface area (Å²) in [6, 6.07) is 10.5. The van der Waals surface area contributed by atoms with Gasteiger partial charge in [0.15, 0.2) is 0 Å². The number of aliphatic hydroxyl groups is 1. The van der Waals surface area contributed by atoms with E-state index in [1.165, 1.54) is 11.6 Å². The third-order valence-corrected chi connectivity index (χ3v) is 4.12. The molecule has 0 aliphatic carbocycles. The van der Waals surface area contributed by atoms with Crippen molar-refractivity contribution >= 4 is 11.6 Å². The Bertz CT molecular complexity index is 635. The summed E-state index contributed by atoms with van der Waals surface area (Å²) in [5.74, 6) is -0.458. The topological polar surface area (TPSA) is 20.2 Å². The van der Waals surface area contributed by atoms with E-state index in [1.54, 1.807) is 19.1 Å². The molecular weight excluding hydrogens is 275 g/mol. The predicted octanol–water partition coefficient (Wildman–Crippen LogP) is 4.55. The smallest absolute Gasteiger partial charge is 0.142 e. The first kappa shape index (κ1) is 15.0. The van der Waals surface area contributed by atoms with Gasteiger partial charge in [0, 0.05) is 6.42 Å². The summed E-state index contributed by atoms with van der Waals surface area (Å²) in [6.07, 6.45) is 0.270. The quantitative estimate of drug-likeness (QED) is 0.880. The number of hydrogen-bond acceptors (Lipinski definition) is 1. The minimum Gasteiger partial charge on any atom is -0.385 e. The number of hydrogen-bond donors (Lipinski definition) is 1. The molecule has 3 heteroatoms. The second kappa shape index (κ2) is 5.55. The molecule has 0 spiro atoms. The van der Waals surface area contributed by atoms with Gasteiger partial charge in [0.05, 0.1) is 10.6 Å². The lowest BCUT2D eigenvalue weighted by atomic mass is 9.87. The number of rotatable bonds is 3. The largest absolute Gasteiger partial charge is 0.385 e. The molecule has 106 valence electrons. The summed E-state index contributed by atoms with van der Waals surface area (Å²) >= 11 is 5.96. The highest BCUT2D eigenvalue weighted by atomic mass is 35.5. The first-order chi connectivity index (χ1) is 9.31. The minimum absolute atomic E-state index is 0.0802. The Morgan fingerprint density at radius 2 is 1.85 bits per heavy atom. The summed E-state index contributed by atoms with van der Waals surface area (Å²) in [4.78, 5) is 0. The minimum atomic E-state index is -1.09. The second-order valence-corrected chi connectivity index (χ2v) is 5.84. The maximum absolute atomic E-state index is 13.5. The van der Waals surface area contributed by atoms with Gasteiger partial charge in [-0.2, -0.15) is 0 Å². The Morgan fingerprint density at radius 3 is 2.50 bits per heavy atom. The van der Waals surface area contributed by atoms with Crippen molar-refractivity contribution < 1.29 is 9.50 Å². The Morgan fingerprint density at radius 1 is 1.15 bits per heavy atom. The molecule has 0 heterocycles. The maximum Gasteiger partial charge on any atom is 0.142 e. The van der Waals surface area contributed by atoms with Crippen molar-refractivity contribution in [2.75, 3.05) is 0 Å². The van der Waals surface area contributed by atoms with Crippen molar-refractivity contribution in [1.82, 2.24) is 0 Å². The van der Waals surface area contributed by atoms with Crippen LogP contribution in [0.25, 0.3) is 0 Å². The van der Waals surface area contributed by atoms with E-state index < -0.39 is 11.4 Å². The third-order valence-electron chi connectivity index (χ3n) is 3.70. The fraction of sp³-hybridized carbons (Fsp3) is 0.294. The van der Waals surface area contributed by atoms with Crippen molar-refractivity contribution in [3.8, 4) is 0 Å². The molecule has 20 heavy (non-hydrogen) atoms. The average Bonchev–Trinajstić information content (AvgIpc) is 2.38. The second-order valence-electron chi connectivity index (χ2n) is 5.46. The summed E-state index contributed by atoms with van der Waals surface area (Å²) in [5, 5.41) is 10.8. The average molecular weight is 293 g/mol. The van der Waals surface area contributed by atoms with Gasteiger partial charge in [-0.3, -0.25) is 0 Å². The summed E-state index contributed by atoms with van der Waals surface area (Å²) in [5.41, 5.74) is 2.62. The summed E-state index contributed by atoms with van der Waals surface area (Å²) < 4.78 is 13.5. The van der Waals surface area contributed by atoms with Crippen molar-refractivity contribution in [2.24, 2.45) is 0 Å². The van der Waals surface area contributed by atoms with Gasteiger partial charge in [0.2, 0.25) is 0 Å². The van der Waals surface area contributed by atoms with Crippen LogP contribution in [0.1, 0.15) is 29.2 Å². The van der Waals surface area contributed by atoms with E-state index >= 15 is 0 Å². The van der Waals surface area contributed by atoms with E-state index in [0.717, 1.165) is 11.1 Å². The Kier molecular flexibility index (Phi) is 4.17. The molecule has 2 aromatic rings.